The first-order chi connectivity index (χ1) is 16.4. The van der Waals surface area contributed by atoms with Gasteiger partial charge in [0.1, 0.15) is 5.69 Å². The molecule has 0 aliphatic rings. The molecule has 7 heteroatoms. The number of hydrogen-bond acceptors (Lipinski definition) is 5. The van der Waals surface area contributed by atoms with Crippen LogP contribution in [0.5, 0.6) is 0 Å². The molecule has 0 saturated carbocycles. The quantitative estimate of drug-likeness (QED) is 0.310. The summed E-state index contributed by atoms with van der Waals surface area (Å²) < 4.78 is 2.06. The van der Waals surface area contributed by atoms with Crippen LogP contribution < -0.4 is 5.32 Å². The monoisotopic (exact) mass is 471 g/mol. The van der Waals surface area contributed by atoms with E-state index in [9.17, 15) is 4.79 Å². The van der Waals surface area contributed by atoms with E-state index >= 15 is 0 Å². The number of amides is 1. The van der Waals surface area contributed by atoms with E-state index in [0.29, 0.717) is 16.9 Å². The van der Waals surface area contributed by atoms with E-state index < -0.39 is 0 Å². The zero-order valence-corrected chi connectivity index (χ0v) is 20.7. The average Bonchev–Trinajstić information content (AvgIpc) is 3.28. The number of carbonyl (C=O) groups is 1. The van der Waals surface area contributed by atoms with Crippen LogP contribution in [0, 0.1) is 0 Å². The summed E-state index contributed by atoms with van der Waals surface area (Å²) in [6.45, 7) is 8.29. The second-order valence-corrected chi connectivity index (χ2v) is 9.81. The smallest absolute Gasteiger partial charge is 0.237 e. The van der Waals surface area contributed by atoms with Gasteiger partial charge < -0.3 is 5.32 Å². The number of pyridine rings is 1. The van der Waals surface area contributed by atoms with Gasteiger partial charge in [0.15, 0.2) is 11.0 Å². The Labute approximate surface area is 204 Å². The van der Waals surface area contributed by atoms with E-state index in [0.717, 1.165) is 16.9 Å². The van der Waals surface area contributed by atoms with E-state index in [1.807, 2.05) is 55.5 Å². The number of nitrogens with one attached hydrogen (secondary N) is 1. The Hall–Kier alpha value is -3.45. The molecule has 2 heterocycles. The Morgan fingerprint density at radius 2 is 1.56 bits per heavy atom. The minimum Gasteiger partial charge on any atom is -0.325 e. The van der Waals surface area contributed by atoms with Gasteiger partial charge in [0.25, 0.3) is 0 Å². The molecule has 0 aliphatic carbocycles. The first-order valence-electron chi connectivity index (χ1n) is 11.4. The van der Waals surface area contributed by atoms with E-state index in [2.05, 4.69) is 70.1 Å². The molecule has 2 unspecified atom stereocenters. The van der Waals surface area contributed by atoms with Crippen LogP contribution in [0.1, 0.15) is 50.8 Å². The Balaban J connectivity index is 1.58. The van der Waals surface area contributed by atoms with Gasteiger partial charge in [-0.15, -0.1) is 10.2 Å². The number of hydrogen-bond donors (Lipinski definition) is 1. The number of nitrogens with zero attached hydrogens (tertiary/aromatic N) is 4. The molecule has 1 amide bonds. The van der Waals surface area contributed by atoms with Crippen LogP contribution in [0.15, 0.2) is 84.1 Å². The van der Waals surface area contributed by atoms with Gasteiger partial charge in [-0.1, -0.05) is 74.1 Å². The molecule has 0 saturated heterocycles. The number of aromatic nitrogens is 4. The molecule has 2 aromatic carbocycles. The summed E-state index contributed by atoms with van der Waals surface area (Å²) in [6, 6.07) is 23.9. The van der Waals surface area contributed by atoms with Gasteiger partial charge in [0.2, 0.25) is 5.91 Å². The highest BCUT2D eigenvalue weighted by Crippen LogP contribution is 2.32. The van der Waals surface area contributed by atoms with Gasteiger partial charge >= 0.3 is 0 Å². The lowest BCUT2D eigenvalue weighted by molar-refractivity contribution is -0.115. The summed E-state index contributed by atoms with van der Waals surface area (Å²) in [5.74, 6) is 1.05. The maximum absolute atomic E-state index is 13.0. The highest BCUT2D eigenvalue weighted by molar-refractivity contribution is 8.00. The van der Waals surface area contributed by atoms with Crippen molar-refractivity contribution in [2.45, 2.75) is 50.1 Å². The Morgan fingerprint density at radius 1 is 0.853 bits per heavy atom. The average molecular weight is 472 g/mol. The molecular formula is C27H29N5OS. The van der Waals surface area contributed by atoms with Gasteiger partial charge in [-0.25, -0.2) is 0 Å². The summed E-state index contributed by atoms with van der Waals surface area (Å²) in [7, 11) is 0. The minimum atomic E-state index is -0.368. The van der Waals surface area contributed by atoms with Gasteiger partial charge in [-0.05, 0) is 55.2 Å². The number of rotatable bonds is 8. The van der Waals surface area contributed by atoms with Crippen molar-refractivity contribution in [3.05, 3.63) is 90.1 Å². The fourth-order valence-electron chi connectivity index (χ4n) is 3.66. The zero-order chi connectivity index (χ0) is 24.1. The molecule has 34 heavy (non-hydrogen) atoms. The lowest BCUT2D eigenvalue weighted by atomic mass is 10.0. The van der Waals surface area contributed by atoms with Crippen LogP contribution in [0.2, 0.25) is 0 Å². The molecule has 1 N–H and O–H groups in total. The maximum atomic E-state index is 13.0. The van der Waals surface area contributed by atoms with E-state index in [4.69, 9.17) is 0 Å². The molecule has 6 nitrogen and oxygen atoms in total. The molecule has 0 spiro atoms. The molecule has 4 aromatic rings. The summed E-state index contributed by atoms with van der Waals surface area (Å²) >= 11 is 1.39. The van der Waals surface area contributed by atoms with Crippen molar-refractivity contribution in [1.82, 2.24) is 19.7 Å². The maximum Gasteiger partial charge on any atom is 0.237 e. The highest BCUT2D eigenvalue weighted by Gasteiger charge is 2.24. The lowest BCUT2D eigenvalue weighted by Gasteiger charge is -2.19. The number of carbonyl (C=O) groups excluding carboxylic acids is 1. The fourth-order valence-corrected chi connectivity index (χ4v) is 4.59. The van der Waals surface area contributed by atoms with E-state index in [1.165, 1.54) is 17.3 Å². The van der Waals surface area contributed by atoms with Crippen LogP contribution in [-0.4, -0.2) is 30.9 Å². The summed E-state index contributed by atoms with van der Waals surface area (Å²) in [5.41, 5.74) is 3.90. The minimum absolute atomic E-state index is 0.0328. The largest absolute Gasteiger partial charge is 0.325 e. The van der Waals surface area contributed by atoms with Crippen molar-refractivity contribution < 1.29 is 4.79 Å². The number of anilines is 1. The van der Waals surface area contributed by atoms with Crippen LogP contribution >= 0.6 is 11.8 Å². The van der Waals surface area contributed by atoms with Crippen molar-refractivity contribution in [3.8, 4) is 11.5 Å². The molecule has 174 valence electrons. The van der Waals surface area contributed by atoms with Crippen LogP contribution in [0.25, 0.3) is 11.5 Å². The van der Waals surface area contributed by atoms with Crippen LogP contribution in [0.3, 0.4) is 0 Å². The molecule has 0 aliphatic heterocycles. The first-order valence-corrected chi connectivity index (χ1v) is 12.3. The standard InChI is InChI=1S/C27H29N5OS/c1-18(2)21-13-15-23(16-14-21)29-26(33)20(4)34-27-31-30-25(24-12-8-9-17-28-24)32(27)19(3)22-10-6-5-7-11-22/h5-20H,1-4H3,(H,29,33). The second-order valence-electron chi connectivity index (χ2n) is 8.50. The van der Waals surface area contributed by atoms with Crippen molar-refractivity contribution in [1.29, 1.82) is 0 Å². The Kier molecular flexibility index (Phi) is 7.43. The summed E-state index contributed by atoms with van der Waals surface area (Å²) in [5, 5.41) is 12.2. The third-order valence-electron chi connectivity index (χ3n) is 5.72. The first kappa shape index (κ1) is 23.7. The Morgan fingerprint density at radius 3 is 2.21 bits per heavy atom. The highest BCUT2D eigenvalue weighted by atomic mass is 32.2. The van der Waals surface area contributed by atoms with Crippen LogP contribution in [0.4, 0.5) is 5.69 Å². The molecule has 2 aromatic heterocycles. The predicted molar refractivity (Wildman–Crippen MR) is 138 cm³/mol. The molecule has 0 radical (unpaired) electrons. The third kappa shape index (κ3) is 5.37. The van der Waals surface area contributed by atoms with E-state index in [1.54, 1.807) is 6.20 Å². The number of benzene rings is 2. The van der Waals surface area contributed by atoms with Crippen molar-refractivity contribution in [3.63, 3.8) is 0 Å². The molecule has 2 atom stereocenters. The Bertz CT molecular complexity index is 1220. The molecule has 0 fully saturated rings. The molecule has 0 bridgehead atoms. The molecular weight excluding hydrogens is 442 g/mol. The normalized spacial score (nSPS) is 13.0. The SMILES string of the molecule is CC(Sc1nnc(-c2ccccn2)n1C(C)c1ccccc1)C(=O)Nc1ccc(C(C)C)cc1. The number of thioether (sulfide) groups is 1. The van der Waals surface area contributed by atoms with Crippen LogP contribution in [-0.2, 0) is 4.79 Å². The summed E-state index contributed by atoms with van der Waals surface area (Å²) in [6.07, 6.45) is 1.75. The van der Waals surface area contributed by atoms with Crippen molar-refractivity contribution in [2.75, 3.05) is 5.32 Å². The van der Waals surface area contributed by atoms with Gasteiger partial charge in [0, 0.05) is 11.9 Å². The summed E-state index contributed by atoms with van der Waals surface area (Å²) in [4.78, 5) is 17.4. The predicted octanol–water partition coefficient (Wildman–Crippen LogP) is 6.19. The van der Waals surface area contributed by atoms with Crippen molar-refractivity contribution in [2.24, 2.45) is 0 Å². The van der Waals surface area contributed by atoms with Gasteiger partial charge in [0.05, 0.1) is 11.3 Å². The van der Waals surface area contributed by atoms with Gasteiger partial charge in [-0.3, -0.25) is 14.3 Å². The molecule has 4 rings (SSSR count). The van der Waals surface area contributed by atoms with Crippen molar-refractivity contribution >= 4 is 23.4 Å². The van der Waals surface area contributed by atoms with Gasteiger partial charge in [-0.2, -0.15) is 0 Å². The topological polar surface area (TPSA) is 72.7 Å². The third-order valence-corrected chi connectivity index (χ3v) is 6.78. The lowest BCUT2D eigenvalue weighted by Crippen LogP contribution is -2.23. The second kappa shape index (κ2) is 10.7. The van der Waals surface area contributed by atoms with E-state index in [-0.39, 0.29) is 17.2 Å². The fraction of sp³-hybridized carbons (Fsp3) is 0.259. The zero-order valence-electron chi connectivity index (χ0n) is 19.8.